The van der Waals surface area contributed by atoms with Crippen molar-refractivity contribution in [2.24, 2.45) is 17.6 Å². The molecule has 1 amide bonds. The molecule has 3 nitrogen and oxygen atoms in total. The third kappa shape index (κ3) is 5.01. The zero-order valence-electron chi connectivity index (χ0n) is 12.9. The standard InChI is InChI=1S/C17H26N2O.ClH/c1-12(2)16(13-7-4-3-5-8-13)19-17(20)14-9-6-10-15(18)11-14;/h3-5,7-8,12,14-16H,6,9-11,18H2,1-2H3,(H,19,20);1H. The molecule has 0 aromatic heterocycles. The lowest BCUT2D eigenvalue weighted by Gasteiger charge is -2.29. The molecule has 1 aromatic carbocycles. The molecule has 21 heavy (non-hydrogen) atoms. The fourth-order valence-corrected chi connectivity index (χ4v) is 3.03. The van der Waals surface area contributed by atoms with E-state index in [1.54, 1.807) is 0 Å². The molecule has 118 valence electrons. The first-order valence-electron chi connectivity index (χ1n) is 7.69. The molecule has 1 aromatic rings. The number of nitrogens with two attached hydrogens (primary N) is 1. The Labute approximate surface area is 134 Å². The summed E-state index contributed by atoms with van der Waals surface area (Å²) in [6.07, 6.45) is 3.91. The van der Waals surface area contributed by atoms with Crippen LogP contribution in [0.4, 0.5) is 0 Å². The van der Waals surface area contributed by atoms with Gasteiger partial charge in [-0.05, 0) is 30.7 Å². The van der Waals surface area contributed by atoms with Crippen molar-refractivity contribution in [1.82, 2.24) is 5.32 Å². The van der Waals surface area contributed by atoms with E-state index in [0.717, 1.165) is 25.7 Å². The van der Waals surface area contributed by atoms with Crippen molar-refractivity contribution in [2.45, 2.75) is 51.6 Å². The van der Waals surface area contributed by atoms with Gasteiger partial charge in [0.25, 0.3) is 0 Å². The highest BCUT2D eigenvalue weighted by Gasteiger charge is 2.28. The molecular weight excluding hydrogens is 284 g/mol. The molecule has 4 heteroatoms. The number of carbonyl (C=O) groups excluding carboxylic acids is 1. The maximum Gasteiger partial charge on any atom is 0.223 e. The molecule has 2 rings (SSSR count). The van der Waals surface area contributed by atoms with Crippen LogP contribution in [-0.2, 0) is 4.79 Å². The number of carbonyl (C=O) groups is 1. The van der Waals surface area contributed by atoms with Crippen molar-refractivity contribution in [3.8, 4) is 0 Å². The van der Waals surface area contributed by atoms with E-state index in [1.165, 1.54) is 5.56 Å². The third-order valence-corrected chi connectivity index (χ3v) is 4.21. The third-order valence-electron chi connectivity index (χ3n) is 4.21. The Kier molecular flexibility index (Phi) is 7.20. The van der Waals surface area contributed by atoms with E-state index in [0.29, 0.717) is 5.92 Å². The first kappa shape index (κ1) is 18.0. The van der Waals surface area contributed by atoms with Crippen LogP contribution in [-0.4, -0.2) is 11.9 Å². The molecule has 0 spiro atoms. The number of benzene rings is 1. The lowest BCUT2D eigenvalue weighted by atomic mass is 9.85. The lowest BCUT2D eigenvalue weighted by Crippen LogP contribution is -2.40. The second-order valence-corrected chi connectivity index (χ2v) is 6.26. The smallest absolute Gasteiger partial charge is 0.223 e. The van der Waals surface area contributed by atoms with E-state index in [1.807, 2.05) is 18.2 Å². The van der Waals surface area contributed by atoms with E-state index < -0.39 is 0 Å². The molecule has 1 aliphatic carbocycles. The Balaban J connectivity index is 0.00000220. The fourth-order valence-electron chi connectivity index (χ4n) is 3.03. The summed E-state index contributed by atoms with van der Waals surface area (Å²) < 4.78 is 0. The minimum atomic E-state index is 0. The second-order valence-electron chi connectivity index (χ2n) is 6.26. The van der Waals surface area contributed by atoms with Gasteiger partial charge in [0, 0.05) is 12.0 Å². The summed E-state index contributed by atoms with van der Waals surface area (Å²) in [6, 6.07) is 10.5. The van der Waals surface area contributed by atoms with Crippen LogP contribution in [0.2, 0.25) is 0 Å². The van der Waals surface area contributed by atoms with Gasteiger partial charge in [-0.1, -0.05) is 50.6 Å². The Morgan fingerprint density at radius 2 is 1.90 bits per heavy atom. The Morgan fingerprint density at radius 1 is 1.24 bits per heavy atom. The Bertz CT molecular complexity index is 436. The summed E-state index contributed by atoms with van der Waals surface area (Å²) in [4.78, 5) is 12.5. The van der Waals surface area contributed by atoms with Crippen LogP contribution in [0.25, 0.3) is 0 Å². The van der Waals surface area contributed by atoms with E-state index in [4.69, 9.17) is 5.73 Å². The lowest BCUT2D eigenvalue weighted by molar-refractivity contribution is -0.127. The van der Waals surface area contributed by atoms with Crippen molar-refractivity contribution in [3.05, 3.63) is 35.9 Å². The molecule has 1 aliphatic rings. The highest BCUT2D eigenvalue weighted by molar-refractivity contribution is 5.85. The zero-order chi connectivity index (χ0) is 14.5. The van der Waals surface area contributed by atoms with Gasteiger partial charge >= 0.3 is 0 Å². The summed E-state index contributed by atoms with van der Waals surface area (Å²) in [6.45, 7) is 4.29. The molecule has 3 unspecified atom stereocenters. The topological polar surface area (TPSA) is 55.1 Å². The van der Waals surface area contributed by atoms with Crippen molar-refractivity contribution in [3.63, 3.8) is 0 Å². The highest BCUT2D eigenvalue weighted by atomic mass is 35.5. The Morgan fingerprint density at radius 3 is 2.48 bits per heavy atom. The molecular formula is C17H27ClN2O. The van der Waals surface area contributed by atoms with Gasteiger partial charge in [-0.3, -0.25) is 4.79 Å². The van der Waals surface area contributed by atoms with Crippen molar-refractivity contribution >= 4 is 18.3 Å². The fraction of sp³-hybridized carbons (Fsp3) is 0.588. The van der Waals surface area contributed by atoms with Crippen LogP contribution in [0, 0.1) is 11.8 Å². The summed E-state index contributed by atoms with van der Waals surface area (Å²) in [5, 5.41) is 3.23. The van der Waals surface area contributed by atoms with E-state index in [-0.39, 0.29) is 36.3 Å². The monoisotopic (exact) mass is 310 g/mol. The maximum atomic E-state index is 12.5. The first-order valence-corrected chi connectivity index (χ1v) is 7.69. The number of halogens is 1. The maximum absolute atomic E-state index is 12.5. The zero-order valence-corrected chi connectivity index (χ0v) is 13.7. The van der Waals surface area contributed by atoms with Gasteiger partial charge in [0.15, 0.2) is 0 Å². The summed E-state index contributed by atoms with van der Waals surface area (Å²) in [5.41, 5.74) is 7.16. The molecule has 3 N–H and O–H groups in total. The summed E-state index contributed by atoms with van der Waals surface area (Å²) in [5.74, 6) is 0.630. The molecule has 1 saturated carbocycles. The summed E-state index contributed by atoms with van der Waals surface area (Å²) >= 11 is 0. The SMILES string of the molecule is CC(C)C(NC(=O)C1CCCC(N)C1)c1ccccc1.Cl. The minimum Gasteiger partial charge on any atom is -0.349 e. The summed E-state index contributed by atoms with van der Waals surface area (Å²) in [7, 11) is 0. The van der Waals surface area contributed by atoms with Gasteiger partial charge in [-0.25, -0.2) is 0 Å². The molecule has 0 radical (unpaired) electrons. The Hall–Kier alpha value is -1.06. The molecule has 3 atom stereocenters. The highest BCUT2D eigenvalue weighted by Crippen LogP contribution is 2.26. The molecule has 0 heterocycles. The predicted octanol–water partition coefficient (Wildman–Crippen LogP) is 3.44. The van der Waals surface area contributed by atoms with E-state index in [9.17, 15) is 4.79 Å². The largest absolute Gasteiger partial charge is 0.349 e. The van der Waals surface area contributed by atoms with Crippen LogP contribution >= 0.6 is 12.4 Å². The normalized spacial score (nSPS) is 23.2. The molecule has 1 fully saturated rings. The number of nitrogens with one attached hydrogen (secondary N) is 1. The molecule has 0 saturated heterocycles. The van der Waals surface area contributed by atoms with Crippen LogP contribution in [0.1, 0.15) is 51.1 Å². The van der Waals surface area contributed by atoms with Crippen LogP contribution in [0.5, 0.6) is 0 Å². The van der Waals surface area contributed by atoms with Gasteiger partial charge < -0.3 is 11.1 Å². The number of hydrogen-bond acceptors (Lipinski definition) is 2. The van der Waals surface area contributed by atoms with Gasteiger partial charge in [-0.2, -0.15) is 0 Å². The molecule has 0 bridgehead atoms. The van der Waals surface area contributed by atoms with Crippen molar-refractivity contribution in [2.75, 3.05) is 0 Å². The van der Waals surface area contributed by atoms with E-state index in [2.05, 4.69) is 31.3 Å². The van der Waals surface area contributed by atoms with Gasteiger partial charge in [0.2, 0.25) is 5.91 Å². The van der Waals surface area contributed by atoms with Gasteiger partial charge in [-0.15, -0.1) is 12.4 Å². The number of hydrogen-bond donors (Lipinski definition) is 2. The minimum absolute atomic E-state index is 0. The van der Waals surface area contributed by atoms with Crippen LogP contribution in [0.3, 0.4) is 0 Å². The first-order chi connectivity index (χ1) is 9.58. The quantitative estimate of drug-likeness (QED) is 0.895. The van der Waals surface area contributed by atoms with Gasteiger partial charge in [0.1, 0.15) is 0 Å². The van der Waals surface area contributed by atoms with Gasteiger partial charge in [0.05, 0.1) is 6.04 Å². The average molecular weight is 311 g/mol. The average Bonchev–Trinajstić information content (AvgIpc) is 2.45. The molecule has 0 aliphatic heterocycles. The second kappa shape index (κ2) is 8.40. The van der Waals surface area contributed by atoms with Crippen LogP contribution < -0.4 is 11.1 Å². The van der Waals surface area contributed by atoms with Crippen LogP contribution in [0.15, 0.2) is 30.3 Å². The number of rotatable bonds is 4. The predicted molar refractivity (Wildman–Crippen MR) is 89.3 cm³/mol. The van der Waals surface area contributed by atoms with E-state index >= 15 is 0 Å². The van der Waals surface area contributed by atoms with Crippen molar-refractivity contribution in [1.29, 1.82) is 0 Å². The number of amides is 1. The van der Waals surface area contributed by atoms with Crippen molar-refractivity contribution < 1.29 is 4.79 Å².